The summed E-state index contributed by atoms with van der Waals surface area (Å²) in [6, 6.07) is 17.8. The van der Waals surface area contributed by atoms with Crippen LogP contribution in [0.5, 0.6) is 5.75 Å². The van der Waals surface area contributed by atoms with Gasteiger partial charge in [0, 0.05) is 43.4 Å². The molecular weight excluding hydrogens is 376 g/mol. The second-order valence-electron chi connectivity index (χ2n) is 7.14. The van der Waals surface area contributed by atoms with E-state index in [0.29, 0.717) is 24.2 Å². The zero-order chi connectivity index (χ0) is 20.9. The van der Waals surface area contributed by atoms with Crippen molar-refractivity contribution in [2.75, 3.05) is 13.7 Å². The first-order chi connectivity index (χ1) is 14.6. The monoisotopic (exact) mass is 400 g/mol. The topological polar surface area (TPSA) is 69.0 Å². The van der Waals surface area contributed by atoms with Crippen LogP contribution in [-0.2, 0) is 13.0 Å². The summed E-state index contributed by atoms with van der Waals surface area (Å²) >= 11 is 0. The standard InChI is InChI=1S/C24H24N4O2/c1-17-21(14-19-8-9-20(30-2)15-22(19)27-17)24(29)26-11-10-23-25-12-13-28(23)16-18-6-4-3-5-7-18/h3-9,12-15H,10-11,16H2,1-2H3,(H,26,29). The molecule has 0 spiro atoms. The number of rotatable bonds is 7. The maximum atomic E-state index is 12.7. The fourth-order valence-corrected chi connectivity index (χ4v) is 3.48. The largest absolute Gasteiger partial charge is 0.497 e. The third-order valence-corrected chi connectivity index (χ3v) is 5.09. The van der Waals surface area contributed by atoms with Crippen molar-refractivity contribution in [3.05, 3.63) is 89.6 Å². The number of hydrogen-bond acceptors (Lipinski definition) is 4. The smallest absolute Gasteiger partial charge is 0.253 e. The molecule has 0 aliphatic heterocycles. The van der Waals surface area contributed by atoms with E-state index < -0.39 is 0 Å². The molecule has 1 amide bonds. The first kappa shape index (κ1) is 19.6. The Labute approximate surface area is 175 Å². The van der Waals surface area contributed by atoms with Crippen molar-refractivity contribution in [3.8, 4) is 5.75 Å². The van der Waals surface area contributed by atoms with E-state index in [4.69, 9.17) is 4.74 Å². The van der Waals surface area contributed by atoms with Gasteiger partial charge in [-0.2, -0.15) is 0 Å². The number of imidazole rings is 1. The Morgan fingerprint density at radius 1 is 1.13 bits per heavy atom. The van der Waals surface area contributed by atoms with Crippen LogP contribution in [-0.4, -0.2) is 34.1 Å². The number of fused-ring (bicyclic) bond motifs is 1. The van der Waals surface area contributed by atoms with Crippen molar-refractivity contribution in [3.63, 3.8) is 0 Å². The number of ether oxygens (including phenoxy) is 1. The molecule has 0 bridgehead atoms. The zero-order valence-corrected chi connectivity index (χ0v) is 17.1. The van der Waals surface area contributed by atoms with Gasteiger partial charge in [-0.1, -0.05) is 30.3 Å². The molecule has 0 saturated carbocycles. The predicted molar refractivity (Wildman–Crippen MR) is 117 cm³/mol. The maximum Gasteiger partial charge on any atom is 0.253 e. The molecule has 2 aromatic carbocycles. The normalized spacial score (nSPS) is 10.9. The summed E-state index contributed by atoms with van der Waals surface area (Å²) < 4.78 is 7.36. The fourth-order valence-electron chi connectivity index (χ4n) is 3.48. The van der Waals surface area contributed by atoms with Gasteiger partial charge in [-0.25, -0.2) is 4.98 Å². The van der Waals surface area contributed by atoms with Crippen molar-refractivity contribution in [2.24, 2.45) is 0 Å². The molecule has 0 aliphatic rings. The number of carbonyl (C=O) groups excluding carboxylic acids is 1. The van der Waals surface area contributed by atoms with E-state index in [1.54, 1.807) is 13.3 Å². The summed E-state index contributed by atoms with van der Waals surface area (Å²) in [7, 11) is 1.63. The van der Waals surface area contributed by atoms with Crippen LogP contribution >= 0.6 is 0 Å². The van der Waals surface area contributed by atoms with Crippen LogP contribution in [0.15, 0.2) is 67.0 Å². The molecule has 6 nitrogen and oxygen atoms in total. The average molecular weight is 400 g/mol. The van der Waals surface area contributed by atoms with Crippen molar-refractivity contribution < 1.29 is 9.53 Å². The average Bonchev–Trinajstić information content (AvgIpc) is 3.20. The molecule has 0 radical (unpaired) electrons. The Kier molecular flexibility index (Phi) is 5.75. The summed E-state index contributed by atoms with van der Waals surface area (Å²) in [5.41, 5.74) is 3.31. The molecule has 0 fully saturated rings. The zero-order valence-electron chi connectivity index (χ0n) is 17.1. The lowest BCUT2D eigenvalue weighted by Gasteiger charge is -2.11. The first-order valence-corrected chi connectivity index (χ1v) is 9.91. The van der Waals surface area contributed by atoms with E-state index in [0.717, 1.165) is 29.0 Å². The van der Waals surface area contributed by atoms with Crippen LogP contribution in [0.2, 0.25) is 0 Å². The minimum absolute atomic E-state index is 0.126. The molecule has 6 heteroatoms. The van der Waals surface area contributed by atoms with E-state index in [1.807, 2.05) is 55.6 Å². The molecule has 0 saturated heterocycles. The molecule has 2 heterocycles. The van der Waals surface area contributed by atoms with Crippen molar-refractivity contribution in [1.82, 2.24) is 19.9 Å². The molecule has 152 valence electrons. The number of nitrogens with one attached hydrogen (secondary N) is 1. The molecule has 4 aromatic rings. The third-order valence-electron chi connectivity index (χ3n) is 5.09. The lowest BCUT2D eigenvalue weighted by atomic mass is 10.1. The van der Waals surface area contributed by atoms with E-state index in [2.05, 4.69) is 32.0 Å². The van der Waals surface area contributed by atoms with Crippen molar-refractivity contribution >= 4 is 16.8 Å². The van der Waals surface area contributed by atoms with Gasteiger partial charge >= 0.3 is 0 Å². The summed E-state index contributed by atoms with van der Waals surface area (Å²) in [5, 5.41) is 3.91. The Balaban J connectivity index is 1.41. The van der Waals surface area contributed by atoms with E-state index in [1.165, 1.54) is 5.56 Å². The predicted octanol–water partition coefficient (Wildman–Crippen LogP) is 3.77. The third kappa shape index (κ3) is 4.33. The summed E-state index contributed by atoms with van der Waals surface area (Å²) in [6.07, 6.45) is 4.42. The van der Waals surface area contributed by atoms with Crippen LogP contribution in [0.3, 0.4) is 0 Å². The highest BCUT2D eigenvalue weighted by molar-refractivity contribution is 5.98. The van der Waals surface area contributed by atoms with Crippen LogP contribution < -0.4 is 10.1 Å². The van der Waals surface area contributed by atoms with Gasteiger partial charge in [0.05, 0.1) is 23.9 Å². The van der Waals surface area contributed by atoms with Crippen molar-refractivity contribution in [2.45, 2.75) is 19.9 Å². The van der Waals surface area contributed by atoms with Crippen molar-refractivity contribution in [1.29, 1.82) is 0 Å². The Morgan fingerprint density at radius 3 is 2.77 bits per heavy atom. The van der Waals surface area contributed by atoms with Crippen LogP contribution in [0.4, 0.5) is 0 Å². The van der Waals surface area contributed by atoms with Crippen LogP contribution in [0.1, 0.15) is 27.4 Å². The molecular formula is C24H24N4O2. The van der Waals surface area contributed by atoms with Crippen LogP contribution in [0, 0.1) is 6.92 Å². The fraction of sp³-hybridized carbons (Fsp3) is 0.208. The van der Waals surface area contributed by atoms with Crippen LogP contribution in [0.25, 0.3) is 10.9 Å². The van der Waals surface area contributed by atoms with Gasteiger partial charge in [-0.3, -0.25) is 9.78 Å². The maximum absolute atomic E-state index is 12.7. The SMILES string of the molecule is COc1ccc2cc(C(=O)NCCc3nccn3Cc3ccccc3)c(C)nc2c1. The van der Waals surface area contributed by atoms with Gasteiger partial charge < -0.3 is 14.6 Å². The molecule has 4 rings (SSSR count). The lowest BCUT2D eigenvalue weighted by Crippen LogP contribution is -2.27. The van der Waals surface area contributed by atoms with E-state index in [-0.39, 0.29) is 5.91 Å². The number of nitrogens with zero attached hydrogens (tertiary/aromatic N) is 3. The number of benzene rings is 2. The first-order valence-electron chi connectivity index (χ1n) is 9.91. The molecule has 0 atom stereocenters. The minimum Gasteiger partial charge on any atom is -0.497 e. The number of methoxy groups -OCH3 is 1. The molecule has 0 unspecified atom stereocenters. The highest BCUT2D eigenvalue weighted by Gasteiger charge is 2.12. The minimum atomic E-state index is -0.126. The lowest BCUT2D eigenvalue weighted by molar-refractivity contribution is 0.0953. The summed E-state index contributed by atoms with van der Waals surface area (Å²) in [5.74, 6) is 1.57. The van der Waals surface area contributed by atoms with Gasteiger partial charge in [0.2, 0.25) is 0 Å². The molecule has 0 aliphatic carbocycles. The summed E-state index contributed by atoms with van der Waals surface area (Å²) in [4.78, 5) is 21.7. The number of amides is 1. The highest BCUT2D eigenvalue weighted by atomic mass is 16.5. The van der Waals surface area contributed by atoms with Gasteiger partial charge in [0.1, 0.15) is 11.6 Å². The molecule has 1 N–H and O–H groups in total. The van der Waals surface area contributed by atoms with Gasteiger partial charge in [-0.15, -0.1) is 0 Å². The second kappa shape index (κ2) is 8.78. The Hall–Kier alpha value is -3.67. The highest BCUT2D eigenvalue weighted by Crippen LogP contribution is 2.21. The summed E-state index contributed by atoms with van der Waals surface area (Å²) in [6.45, 7) is 3.12. The number of pyridine rings is 1. The second-order valence-corrected chi connectivity index (χ2v) is 7.14. The van der Waals surface area contributed by atoms with E-state index >= 15 is 0 Å². The molecule has 2 aromatic heterocycles. The number of aryl methyl sites for hydroxylation is 1. The molecule has 30 heavy (non-hydrogen) atoms. The Morgan fingerprint density at radius 2 is 1.97 bits per heavy atom. The number of aromatic nitrogens is 3. The van der Waals surface area contributed by atoms with Gasteiger partial charge in [0.25, 0.3) is 5.91 Å². The number of carbonyl (C=O) groups is 1. The number of hydrogen-bond donors (Lipinski definition) is 1. The Bertz CT molecular complexity index is 1170. The van der Waals surface area contributed by atoms with Gasteiger partial charge in [-0.05, 0) is 30.7 Å². The quantitative estimate of drug-likeness (QED) is 0.513. The van der Waals surface area contributed by atoms with E-state index in [9.17, 15) is 4.79 Å². The van der Waals surface area contributed by atoms with Gasteiger partial charge in [0.15, 0.2) is 0 Å².